The summed E-state index contributed by atoms with van der Waals surface area (Å²) < 4.78 is 9.84. The molecule has 4 heteroatoms. The lowest BCUT2D eigenvalue weighted by Crippen LogP contribution is -2.10. The quantitative estimate of drug-likeness (QED) is 0.626. The number of methoxy groups -OCH3 is 2. The first-order valence-electron chi connectivity index (χ1n) is 6.49. The zero-order valence-electron chi connectivity index (χ0n) is 12.0. The van der Waals surface area contributed by atoms with E-state index < -0.39 is 5.97 Å². The molecule has 2 aromatic rings. The number of hydrogen-bond acceptors (Lipinski definition) is 4. The third-order valence-electron chi connectivity index (χ3n) is 3.17. The van der Waals surface area contributed by atoms with Crippen molar-refractivity contribution in [2.75, 3.05) is 14.2 Å². The highest BCUT2D eigenvalue weighted by Gasteiger charge is 2.15. The van der Waals surface area contributed by atoms with E-state index in [1.54, 1.807) is 55.6 Å². The first-order chi connectivity index (χ1) is 10.2. The number of rotatable bonds is 5. The number of Topliss-reactive ketones (excluding diaryl/α,β-unsaturated/α-hetero) is 1. The van der Waals surface area contributed by atoms with Gasteiger partial charge in [-0.2, -0.15) is 0 Å². The summed E-state index contributed by atoms with van der Waals surface area (Å²) in [6, 6.07) is 13.9. The number of ketones is 1. The van der Waals surface area contributed by atoms with Gasteiger partial charge >= 0.3 is 5.97 Å². The molecule has 0 atom stereocenters. The number of carbonyl (C=O) groups excluding carboxylic acids is 2. The lowest BCUT2D eigenvalue weighted by molar-refractivity contribution is 0.0599. The van der Waals surface area contributed by atoms with Gasteiger partial charge in [-0.1, -0.05) is 30.3 Å². The fourth-order valence-electron chi connectivity index (χ4n) is 2.06. The molecule has 4 nitrogen and oxygen atoms in total. The average molecular weight is 284 g/mol. The van der Waals surface area contributed by atoms with Crippen LogP contribution in [-0.4, -0.2) is 26.0 Å². The van der Waals surface area contributed by atoms with Crippen LogP contribution in [0.5, 0.6) is 5.75 Å². The molecule has 0 radical (unpaired) electrons. The summed E-state index contributed by atoms with van der Waals surface area (Å²) in [5.74, 6) is 0.108. The minimum atomic E-state index is -0.441. The number of carbonyl (C=O) groups is 2. The number of ether oxygens (including phenoxy) is 2. The van der Waals surface area contributed by atoms with Crippen molar-refractivity contribution in [3.05, 3.63) is 65.2 Å². The zero-order valence-corrected chi connectivity index (χ0v) is 12.0. The molecule has 0 bridgehead atoms. The van der Waals surface area contributed by atoms with E-state index in [1.165, 1.54) is 7.11 Å². The van der Waals surface area contributed by atoms with Crippen molar-refractivity contribution in [3.8, 4) is 5.75 Å². The molecule has 0 heterocycles. The maximum Gasteiger partial charge on any atom is 0.338 e. The Morgan fingerprint density at radius 1 is 1.00 bits per heavy atom. The van der Waals surface area contributed by atoms with Crippen molar-refractivity contribution in [3.63, 3.8) is 0 Å². The Morgan fingerprint density at radius 2 is 1.76 bits per heavy atom. The summed E-state index contributed by atoms with van der Waals surface area (Å²) in [5.41, 5.74) is 1.61. The molecular formula is C17H16O4. The second kappa shape index (κ2) is 6.70. The van der Waals surface area contributed by atoms with E-state index in [4.69, 9.17) is 9.47 Å². The predicted molar refractivity (Wildman–Crippen MR) is 78.8 cm³/mol. The molecule has 108 valence electrons. The molecule has 0 amide bonds. The van der Waals surface area contributed by atoms with Crippen LogP contribution < -0.4 is 4.74 Å². The summed E-state index contributed by atoms with van der Waals surface area (Å²) >= 11 is 0. The SMILES string of the molecule is COC(=O)c1ccccc1CC(=O)c1cccc(OC)c1. The Labute approximate surface area is 123 Å². The fourth-order valence-corrected chi connectivity index (χ4v) is 2.06. The van der Waals surface area contributed by atoms with Gasteiger partial charge in [0.15, 0.2) is 5.78 Å². The van der Waals surface area contributed by atoms with Crippen molar-refractivity contribution < 1.29 is 19.1 Å². The lowest BCUT2D eigenvalue weighted by atomic mass is 9.98. The van der Waals surface area contributed by atoms with E-state index in [-0.39, 0.29) is 12.2 Å². The van der Waals surface area contributed by atoms with Gasteiger partial charge in [0.1, 0.15) is 5.75 Å². The summed E-state index contributed by atoms with van der Waals surface area (Å²) in [6.45, 7) is 0. The Kier molecular flexibility index (Phi) is 4.72. The normalized spacial score (nSPS) is 10.0. The van der Waals surface area contributed by atoms with Crippen LogP contribution in [0.3, 0.4) is 0 Å². The topological polar surface area (TPSA) is 52.6 Å². The minimum absolute atomic E-state index is 0.0785. The van der Waals surface area contributed by atoms with Crippen molar-refractivity contribution in [1.29, 1.82) is 0 Å². The summed E-state index contributed by atoms with van der Waals surface area (Å²) in [6.07, 6.45) is 0.137. The number of esters is 1. The molecule has 0 aromatic heterocycles. The zero-order chi connectivity index (χ0) is 15.2. The Bertz CT molecular complexity index is 661. The molecule has 21 heavy (non-hydrogen) atoms. The summed E-state index contributed by atoms with van der Waals surface area (Å²) in [7, 11) is 2.87. The molecule has 0 saturated heterocycles. The van der Waals surface area contributed by atoms with Gasteiger partial charge in [-0.3, -0.25) is 4.79 Å². The van der Waals surface area contributed by atoms with E-state index in [2.05, 4.69) is 0 Å². The van der Waals surface area contributed by atoms with Crippen molar-refractivity contribution in [2.24, 2.45) is 0 Å². The molecule has 2 aromatic carbocycles. The molecule has 0 fully saturated rings. The first kappa shape index (κ1) is 14.8. The molecule has 0 aliphatic carbocycles. The molecule has 0 spiro atoms. The van der Waals surface area contributed by atoms with Crippen molar-refractivity contribution >= 4 is 11.8 Å². The molecule has 0 unspecified atom stereocenters. The van der Waals surface area contributed by atoms with Crippen LogP contribution in [0, 0.1) is 0 Å². The maximum absolute atomic E-state index is 12.3. The smallest absolute Gasteiger partial charge is 0.338 e. The summed E-state index contributed by atoms with van der Waals surface area (Å²) in [5, 5.41) is 0. The highest BCUT2D eigenvalue weighted by molar-refractivity contribution is 6.00. The fraction of sp³-hybridized carbons (Fsp3) is 0.176. The van der Waals surface area contributed by atoms with Crippen molar-refractivity contribution in [1.82, 2.24) is 0 Å². The van der Waals surface area contributed by atoms with Crippen LogP contribution >= 0.6 is 0 Å². The minimum Gasteiger partial charge on any atom is -0.497 e. The van der Waals surface area contributed by atoms with E-state index >= 15 is 0 Å². The lowest BCUT2D eigenvalue weighted by Gasteiger charge is -2.08. The van der Waals surface area contributed by atoms with E-state index in [0.717, 1.165) is 0 Å². The van der Waals surface area contributed by atoms with Crippen LogP contribution in [0.1, 0.15) is 26.3 Å². The van der Waals surface area contributed by atoms with Gasteiger partial charge in [0.25, 0.3) is 0 Å². The summed E-state index contributed by atoms with van der Waals surface area (Å²) in [4.78, 5) is 24.0. The monoisotopic (exact) mass is 284 g/mol. The first-order valence-corrected chi connectivity index (χ1v) is 6.49. The Balaban J connectivity index is 2.25. The number of benzene rings is 2. The molecule has 0 N–H and O–H groups in total. The molecule has 0 aliphatic heterocycles. The van der Waals surface area contributed by atoms with Crippen LogP contribution in [0.2, 0.25) is 0 Å². The third kappa shape index (κ3) is 3.48. The van der Waals surface area contributed by atoms with Crippen molar-refractivity contribution in [2.45, 2.75) is 6.42 Å². The number of hydrogen-bond donors (Lipinski definition) is 0. The predicted octanol–water partition coefficient (Wildman–Crippen LogP) is 2.91. The van der Waals surface area contributed by atoms with Gasteiger partial charge in [-0.15, -0.1) is 0 Å². The maximum atomic E-state index is 12.3. The van der Waals surface area contributed by atoms with Crippen LogP contribution in [0.25, 0.3) is 0 Å². The third-order valence-corrected chi connectivity index (χ3v) is 3.17. The van der Waals surface area contributed by atoms with Gasteiger partial charge < -0.3 is 9.47 Å². The molecule has 0 aliphatic rings. The Morgan fingerprint density at radius 3 is 2.48 bits per heavy atom. The van der Waals surface area contributed by atoms with Crippen LogP contribution in [0.15, 0.2) is 48.5 Å². The van der Waals surface area contributed by atoms with Gasteiger partial charge in [-0.05, 0) is 23.8 Å². The van der Waals surface area contributed by atoms with E-state index in [0.29, 0.717) is 22.4 Å². The highest BCUT2D eigenvalue weighted by atomic mass is 16.5. The largest absolute Gasteiger partial charge is 0.497 e. The van der Waals surface area contributed by atoms with Crippen LogP contribution in [-0.2, 0) is 11.2 Å². The standard InChI is InChI=1S/C17H16O4/c1-20-14-8-5-7-13(10-14)16(18)11-12-6-3-4-9-15(12)17(19)21-2/h3-10H,11H2,1-2H3. The van der Waals surface area contributed by atoms with Gasteiger partial charge in [0.05, 0.1) is 19.8 Å². The van der Waals surface area contributed by atoms with E-state index in [1.807, 2.05) is 0 Å². The van der Waals surface area contributed by atoms with Gasteiger partial charge in [-0.25, -0.2) is 4.79 Å². The van der Waals surface area contributed by atoms with E-state index in [9.17, 15) is 9.59 Å². The van der Waals surface area contributed by atoms with Gasteiger partial charge in [0.2, 0.25) is 0 Å². The molecule has 2 rings (SSSR count). The second-order valence-corrected chi connectivity index (χ2v) is 4.48. The molecular weight excluding hydrogens is 268 g/mol. The molecule has 0 saturated carbocycles. The highest BCUT2D eigenvalue weighted by Crippen LogP contribution is 2.17. The Hall–Kier alpha value is -2.62. The average Bonchev–Trinajstić information content (AvgIpc) is 2.54. The van der Waals surface area contributed by atoms with Crippen LogP contribution in [0.4, 0.5) is 0 Å². The second-order valence-electron chi connectivity index (χ2n) is 4.48. The van der Waals surface area contributed by atoms with Gasteiger partial charge in [0, 0.05) is 12.0 Å².